The zero-order valence-electron chi connectivity index (χ0n) is 9.58. The highest BCUT2D eigenvalue weighted by atomic mass is 35.5. The molecule has 0 aromatic carbocycles. The zero-order chi connectivity index (χ0) is 11.5. The van der Waals surface area contributed by atoms with E-state index in [1.54, 1.807) is 0 Å². The predicted octanol–water partition coefficient (Wildman–Crippen LogP) is 2.75. The zero-order valence-corrected chi connectivity index (χ0v) is 10.3. The summed E-state index contributed by atoms with van der Waals surface area (Å²) in [5.41, 5.74) is 0. The Bertz CT molecular complexity index is 143. The van der Waals surface area contributed by atoms with Gasteiger partial charge in [-0.2, -0.15) is 0 Å². The minimum absolute atomic E-state index is 0.588. The summed E-state index contributed by atoms with van der Waals surface area (Å²) in [6.07, 6.45) is 4.07. The van der Waals surface area contributed by atoms with Gasteiger partial charge in [-0.15, -0.1) is 11.6 Å². The summed E-state index contributed by atoms with van der Waals surface area (Å²) in [5, 5.41) is -0.710. The first-order valence-electron chi connectivity index (χ1n) is 5.58. The van der Waals surface area contributed by atoms with Crippen LogP contribution in [-0.4, -0.2) is 31.2 Å². The number of carbonyl (C=O) groups excluding carboxylic acids is 1. The Morgan fingerprint density at radius 2 is 1.60 bits per heavy atom. The Kier molecular flexibility index (Phi) is 10.3. The van der Waals surface area contributed by atoms with Crippen molar-refractivity contribution in [1.82, 2.24) is 0 Å². The first kappa shape index (κ1) is 14.9. The third-order valence-corrected chi connectivity index (χ3v) is 2.26. The van der Waals surface area contributed by atoms with Crippen LogP contribution >= 0.6 is 11.6 Å². The van der Waals surface area contributed by atoms with Crippen molar-refractivity contribution in [3.8, 4) is 0 Å². The lowest BCUT2D eigenvalue weighted by atomic mass is 10.3. The van der Waals surface area contributed by atoms with Gasteiger partial charge in [-0.3, -0.25) is 0 Å². The van der Waals surface area contributed by atoms with Gasteiger partial charge in [-0.1, -0.05) is 26.7 Å². The lowest BCUT2D eigenvalue weighted by molar-refractivity contribution is -0.149. The van der Waals surface area contributed by atoms with Gasteiger partial charge in [0, 0.05) is 13.2 Å². The van der Waals surface area contributed by atoms with Gasteiger partial charge in [0.05, 0.1) is 0 Å². The van der Waals surface area contributed by atoms with Crippen molar-refractivity contribution >= 4 is 17.9 Å². The maximum atomic E-state index is 10.5. The molecule has 0 radical (unpaired) electrons. The second kappa shape index (κ2) is 10.4. The molecule has 0 heterocycles. The standard InChI is InChI=1S/C11H21ClO3/c1-3-5-7-14-11(10(12)9-13)15-8-6-4-2/h9-11H,3-8H2,1-2H3. The van der Waals surface area contributed by atoms with Crippen molar-refractivity contribution in [2.45, 2.75) is 51.2 Å². The van der Waals surface area contributed by atoms with E-state index in [-0.39, 0.29) is 0 Å². The monoisotopic (exact) mass is 236 g/mol. The second-order valence-corrected chi connectivity index (χ2v) is 3.90. The lowest BCUT2D eigenvalue weighted by Crippen LogP contribution is -2.29. The Labute approximate surface area is 97.1 Å². The van der Waals surface area contributed by atoms with E-state index in [0.29, 0.717) is 19.5 Å². The number of unbranched alkanes of at least 4 members (excludes halogenated alkanes) is 2. The summed E-state index contributed by atoms with van der Waals surface area (Å²) in [6, 6.07) is 0. The normalized spacial score (nSPS) is 13.1. The van der Waals surface area contributed by atoms with Crippen molar-refractivity contribution < 1.29 is 14.3 Å². The Balaban J connectivity index is 3.78. The maximum Gasteiger partial charge on any atom is 0.180 e. The summed E-state index contributed by atoms with van der Waals surface area (Å²) < 4.78 is 10.8. The van der Waals surface area contributed by atoms with Crippen molar-refractivity contribution in [1.29, 1.82) is 0 Å². The molecule has 4 heteroatoms. The van der Waals surface area contributed by atoms with E-state index < -0.39 is 11.7 Å². The third kappa shape index (κ3) is 7.77. The number of halogens is 1. The molecular weight excluding hydrogens is 216 g/mol. The smallest absolute Gasteiger partial charge is 0.180 e. The molecule has 15 heavy (non-hydrogen) atoms. The number of rotatable bonds is 10. The Hall–Kier alpha value is -0.120. The molecule has 3 nitrogen and oxygen atoms in total. The van der Waals surface area contributed by atoms with Crippen molar-refractivity contribution in [3.63, 3.8) is 0 Å². The first-order valence-corrected chi connectivity index (χ1v) is 6.02. The number of alkyl halides is 1. The third-order valence-electron chi connectivity index (χ3n) is 1.95. The highest BCUT2D eigenvalue weighted by Crippen LogP contribution is 2.09. The van der Waals surface area contributed by atoms with E-state index in [2.05, 4.69) is 13.8 Å². The van der Waals surface area contributed by atoms with Crippen LogP contribution < -0.4 is 0 Å². The molecule has 90 valence electrons. The van der Waals surface area contributed by atoms with Crippen LogP contribution in [0.2, 0.25) is 0 Å². The van der Waals surface area contributed by atoms with Gasteiger partial charge in [0.2, 0.25) is 0 Å². The van der Waals surface area contributed by atoms with Crippen LogP contribution in [0.25, 0.3) is 0 Å². The molecule has 0 aliphatic heterocycles. The summed E-state index contributed by atoms with van der Waals surface area (Å²) in [5.74, 6) is 0. The average Bonchev–Trinajstić information content (AvgIpc) is 2.26. The molecule has 0 fully saturated rings. The van der Waals surface area contributed by atoms with Gasteiger partial charge < -0.3 is 14.3 Å². The molecule has 0 aliphatic rings. The highest BCUT2D eigenvalue weighted by Gasteiger charge is 2.19. The summed E-state index contributed by atoms with van der Waals surface area (Å²) in [4.78, 5) is 10.5. The van der Waals surface area contributed by atoms with Gasteiger partial charge in [0.25, 0.3) is 0 Å². The van der Waals surface area contributed by atoms with Crippen LogP contribution in [0.1, 0.15) is 39.5 Å². The molecule has 0 rings (SSSR count). The van der Waals surface area contributed by atoms with Crippen LogP contribution in [-0.2, 0) is 14.3 Å². The van der Waals surface area contributed by atoms with Crippen LogP contribution in [0.4, 0.5) is 0 Å². The molecule has 0 aromatic rings. The minimum atomic E-state index is -0.710. The van der Waals surface area contributed by atoms with Crippen LogP contribution in [0.3, 0.4) is 0 Å². The molecule has 0 aromatic heterocycles. The van der Waals surface area contributed by atoms with Gasteiger partial charge >= 0.3 is 0 Å². The van der Waals surface area contributed by atoms with Crippen LogP contribution in [0.15, 0.2) is 0 Å². The second-order valence-electron chi connectivity index (χ2n) is 3.40. The Morgan fingerprint density at radius 1 is 1.13 bits per heavy atom. The highest BCUT2D eigenvalue weighted by molar-refractivity contribution is 6.27. The molecule has 0 N–H and O–H groups in total. The van der Waals surface area contributed by atoms with E-state index >= 15 is 0 Å². The van der Waals surface area contributed by atoms with Crippen molar-refractivity contribution in [3.05, 3.63) is 0 Å². The van der Waals surface area contributed by atoms with Crippen LogP contribution in [0.5, 0.6) is 0 Å². The maximum absolute atomic E-state index is 10.5. The molecule has 1 unspecified atom stereocenters. The topological polar surface area (TPSA) is 35.5 Å². The summed E-state index contributed by atoms with van der Waals surface area (Å²) in [7, 11) is 0. The van der Waals surface area contributed by atoms with E-state index in [1.807, 2.05) is 0 Å². The molecular formula is C11H21ClO3. The number of ether oxygens (including phenoxy) is 2. The predicted molar refractivity (Wildman–Crippen MR) is 61.2 cm³/mol. The first-order chi connectivity index (χ1) is 7.26. The number of carbonyl (C=O) groups is 1. The van der Waals surface area contributed by atoms with E-state index in [1.165, 1.54) is 0 Å². The molecule has 0 aliphatic carbocycles. The average molecular weight is 237 g/mol. The fraction of sp³-hybridized carbons (Fsp3) is 0.909. The quantitative estimate of drug-likeness (QED) is 0.253. The van der Waals surface area contributed by atoms with Crippen molar-refractivity contribution in [2.75, 3.05) is 13.2 Å². The lowest BCUT2D eigenvalue weighted by Gasteiger charge is -2.19. The van der Waals surface area contributed by atoms with Gasteiger partial charge in [0.1, 0.15) is 11.7 Å². The molecule has 0 saturated carbocycles. The van der Waals surface area contributed by atoms with Crippen LogP contribution in [0, 0.1) is 0 Å². The summed E-state index contributed by atoms with van der Waals surface area (Å²) >= 11 is 5.77. The fourth-order valence-electron chi connectivity index (χ4n) is 0.984. The minimum Gasteiger partial charge on any atom is -0.351 e. The molecule has 0 amide bonds. The fourth-order valence-corrected chi connectivity index (χ4v) is 1.13. The molecule has 0 bridgehead atoms. The van der Waals surface area contributed by atoms with Gasteiger partial charge in [0.15, 0.2) is 6.29 Å². The summed E-state index contributed by atoms with van der Waals surface area (Å²) in [6.45, 7) is 5.33. The van der Waals surface area contributed by atoms with Crippen molar-refractivity contribution in [2.24, 2.45) is 0 Å². The largest absolute Gasteiger partial charge is 0.351 e. The molecule has 1 atom stereocenters. The Morgan fingerprint density at radius 3 is 1.93 bits per heavy atom. The molecule has 0 spiro atoms. The number of aldehydes is 1. The van der Waals surface area contributed by atoms with Gasteiger partial charge in [-0.25, -0.2) is 0 Å². The van der Waals surface area contributed by atoms with E-state index in [0.717, 1.165) is 25.7 Å². The van der Waals surface area contributed by atoms with E-state index in [4.69, 9.17) is 21.1 Å². The molecule has 0 saturated heterocycles. The van der Waals surface area contributed by atoms with E-state index in [9.17, 15) is 4.79 Å². The number of hydrogen-bond acceptors (Lipinski definition) is 3. The SMILES string of the molecule is CCCCOC(OCCCC)C(Cl)C=O. The van der Waals surface area contributed by atoms with Gasteiger partial charge in [-0.05, 0) is 12.8 Å². The number of hydrogen-bond donors (Lipinski definition) is 0.